The van der Waals surface area contributed by atoms with Gasteiger partial charge in [0, 0.05) is 6.42 Å². The van der Waals surface area contributed by atoms with Gasteiger partial charge in [0.15, 0.2) is 0 Å². The van der Waals surface area contributed by atoms with Crippen molar-refractivity contribution in [2.24, 2.45) is 0 Å². The summed E-state index contributed by atoms with van der Waals surface area (Å²) in [6, 6.07) is -0.706. The molecule has 0 aromatic carbocycles. The van der Waals surface area contributed by atoms with Crippen molar-refractivity contribution < 1.29 is 24.5 Å². The topological polar surface area (TPSA) is 95.9 Å². The third-order valence-corrected chi connectivity index (χ3v) is 12.5. The molecule has 0 aliphatic rings. The zero-order valence-corrected chi connectivity index (χ0v) is 41.5. The van der Waals surface area contributed by atoms with Gasteiger partial charge in [-0.1, -0.05) is 250 Å². The molecule has 0 bridgehead atoms. The Hall–Kier alpha value is -1.92. The summed E-state index contributed by atoms with van der Waals surface area (Å²) < 4.78 is 5.94. The number of allylic oxidation sites excluding steroid dienone is 6. The molecule has 1 amide bonds. The third kappa shape index (κ3) is 44.7. The van der Waals surface area contributed by atoms with Crippen LogP contribution in [0.5, 0.6) is 0 Å². The molecule has 6 heteroatoms. The Morgan fingerprint density at radius 1 is 0.484 bits per heavy atom. The van der Waals surface area contributed by atoms with E-state index in [2.05, 4.69) is 62.5 Å². The summed E-state index contributed by atoms with van der Waals surface area (Å²) in [5.41, 5.74) is 0. The van der Waals surface area contributed by atoms with Gasteiger partial charge in [-0.15, -0.1) is 0 Å². The summed E-state index contributed by atoms with van der Waals surface area (Å²) in [5.74, 6) is -0.483. The maximum atomic E-state index is 13.2. The van der Waals surface area contributed by atoms with E-state index in [0.717, 1.165) is 83.5 Å². The first-order chi connectivity index (χ1) is 30.5. The standard InChI is InChI=1S/C56H105NO5/c1-4-7-10-13-16-19-22-25-28-30-33-36-39-42-45-48-54(59)53(51-58)57-55(60)50-52(47-44-41-38-35-32-29-26-23-20-17-14-11-8-5-2)62-56(61)49-46-43-40-37-34-31-27-24-21-18-15-12-9-6-3/h8,11,17,20,26,29,52-54,58-59H,4-7,9-10,12-16,18-19,21-25,27-28,30-51H2,1-3H3,(H,57,60)/b11-8+,20-17+,29-26+. The predicted molar refractivity (Wildman–Crippen MR) is 269 cm³/mol. The molecule has 0 rings (SSSR count). The van der Waals surface area contributed by atoms with E-state index < -0.39 is 18.2 Å². The van der Waals surface area contributed by atoms with E-state index in [1.807, 2.05) is 0 Å². The number of carbonyl (C=O) groups is 2. The minimum absolute atomic E-state index is 0.0666. The number of aliphatic hydroxyl groups excluding tert-OH is 2. The van der Waals surface area contributed by atoms with E-state index in [0.29, 0.717) is 19.3 Å². The van der Waals surface area contributed by atoms with Crippen molar-refractivity contribution in [3.05, 3.63) is 36.5 Å². The first kappa shape index (κ1) is 60.1. The quantitative estimate of drug-likeness (QED) is 0.0321. The van der Waals surface area contributed by atoms with Crippen LogP contribution < -0.4 is 5.32 Å². The first-order valence-corrected chi connectivity index (χ1v) is 27.2. The summed E-state index contributed by atoms with van der Waals surface area (Å²) in [6.07, 6.45) is 59.2. The number of unbranched alkanes of at least 4 members (excludes halogenated alkanes) is 31. The van der Waals surface area contributed by atoms with Crippen molar-refractivity contribution in [1.82, 2.24) is 5.32 Å². The second-order valence-electron chi connectivity index (χ2n) is 18.6. The largest absolute Gasteiger partial charge is 0.462 e. The number of ether oxygens (including phenoxy) is 1. The number of esters is 1. The van der Waals surface area contributed by atoms with Gasteiger partial charge in [-0.25, -0.2) is 0 Å². The second-order valence-corrected chi connectivity index (χ2v) is 18.6. The van der Waals surface area contributed by atoms with Crippen LogP contribution in [0.1, 0.15) is 284 Å². The minimum Gasteiger partial charge on any atom is -0.462 e. The van der Waals surface area contributed by atoms with Gasteiger partial charge in [-0.2, -0.15) is 0 Å². The molecule has 0 heterocycles. The maximum Gasteiger partial charge on any atom is 0.306 e. The Morgan fingerprint density at radius 3 is 1.32 bits per heavy atom. The Kier molecular flexibility index (Phi) is 48.5. The number of hydrogen-bond donors (Lipinski definition) is 3. The normalized spacial score (nSPS) is 13.4. The fourth-order valence-corrected chi connectivity index (χ4v) is 8.39. The van der Waals surface area contributed by atoms with Gasteiger partial charge in [0.05, 0.1) is 25.2 Å². The monoisotopic (exact) mass is 872 g/mol. The summed E-state index contributed by atoms with van der Waals surface area (Å²) in [7, 11) is 0. The van der Waals surface area contributed by atoms with Gasteiger partial charge < -0.3 is 20.3 Å². The fraction of sp³-hybridized carbons (Fsp3) is 0.857. The molecule has 364 valence electrons. The number of nitrogens with one attached hydrogen (secondary N) is 1. The van der Waals surface area contributed by atoms with E-state index in [-0.39, 0.29) is 24.9 Å². The van der Waals surface area contributed by atoms with E-state index in [1.165, 1.54) is 154 Å². The van der Waals surface area contributed by atoms with Crippen molar-refractivity contribution in [2.45, 2.75) is 302 Å². The highest BCUT2D eigenvalue weighted by Gasteiger charge is 2.24. The lowest BCUT2D eigenvalue weighted by Gasteiger charge is -2.24. The van der Waals surface area contributed by atoms with Gasteiger partial charge in [0.1, 0.15) is 6.10 Å². The zero-order chi connectivity index (χ0) is 45.2. The Bertz CT molecular complexity index is 1020. The van der Waals surface area contributed by atoms with E-state index in [9.17, 15) is 19.8 Å². The van der Waals surface area contributed by atoms with Crippen molar-refractivity contribution in [2.75, 3.05) is 6.61 Å². The molecule has 3 N–H and O–H groups in total. The lowest BCUT2D eigenvalue weighted by atomic mass is 10.0. The van der Waals surface area contributed by atoms with Gasteiger partial charge in [-0.05, 0) is 57.8 Å². The lowest BCUT2D eigenvalue weighted by Crippen LogP contribution is -2.46. The van der Waals surface area contributed by atoms with Crippen LogP contribution in [0.4, 0.5) is 0 Å². The smallest absolute Gasteiger partial charge is 0.306 e. The van der Waals surface area contributed by atoms with Crippen LogP contribution in [0.15, 0.2) is 36.5 Å². The Morgan fingerprint density at radius 2 is 0.871 bits per heavy atom. The average Bonchev–Trinajstić information content (AvgIpc) is 3.26. The van der Waals surface area contributed by atoms with Crippen LogP contribution >= 0.6 is 0 Å². The molecule has 6 nitrogen and oxygen atoms in total. The van der Waals surface area contributed by atoms with Gasteiger partial charge in [-0.3, -0.25) is 9.59 Å². The molecule has 0 saturated carbocycles. The Labute approximate surface area is 385 Å². The fourth-order valence-electron chi connectivity index (χ4n) is 8.39. The van der Waals surface area contributed by atoms with Crippen molar-refractivity contribution in [3.63, 3.8) is 0 Å². The third-order valence-electron chi connectivity index (χ3n) is 12.5. The maximum absolute atomic E-state index is 13.2. The molecule has 0 aliphatic heterocycles. The van der Waals surface area contributed by atoms with Crippen LogP contribution in [0, 0.1) is 0 Å². The van der Waals surface area contributed by atoms with Gasteiger partial charge in [0.2, 0.25) is 5.91 Å². The average molecular weight is 872 g/mol. The molecule has 0 spiro atoms. The molecule has 0 fully saturated rings. The predicted octanol–water partition coefficient (Wildman–Crippen LogP) is 16.5. The molecule has 0 radical (unpaired) electrons. The number of amides is 1. The lowest BCUT2D eigenvalue weighted by molar-refractivity contribution is -0.151. The highest BCUT2D eigenvalue weighted by Crippen LogP contribution is 2.18. The van der Waals surface area contributed by atoms with Crippen LogP contribution in [0.3, 0.4) is 0 Å². The highest BCUT2D eigenvalue weighted by atomic mass is 16.5. The summed E-state index contributed by atoms with van der Waals surface area (Å²) >= 11 is 0. The van der Waals surface area contributed by atoms with Crippen LogP contribution in [0.25, 0.3) is 0 Å². The molecular weight excluding hydrogens is 767 g/mol. The van der Waals surface area contributed by atoms with E-state index in [1.54, 1.807) is 0 Å². The molecule has 3 atom stereocenters. The molecule has 0 aromatic heterocycles. The van der Waals surface area contributed by atoms with Crippen LogP contribution in [-0.4, -0.2) is 46.9 Å². The first-order valence-electron chi connectivity index (χ1n) is 27.2. The number of hydrogen-bond acceptors (Lipinski definition) is 5. The number of aliphatic hydroxyl groups is 2. The highest BCUT2D eigenvalue weighted by molar-refractivity contribution is 5.77. The Balaban J connectivity index is 4.55. The number of rotatable bonds is 49. The van der Waals surface area contributed by atoms with Gasteiger partial charge >= 0.3 is 5.97 Å². The molecule has 62 heavy (non-hydrogen) atoms. The minimum atomic E-state index is -0.791. The van der Waals surface area contributed by atoms with E-state index in [4.69, 9.17) is 4.74 Å². The molecular formula is C56H105NO5. The van der Waals surface area contributed by atoms with Crippen LogP contribution in [0.2, 0.25) is 0 Å². The SMILES string of the molecule is CC/C=C/C/C=C/C/C=C/CCCCCCC(CC(=O)NC(CO)C(O)CCCCCCCCCCCCCCCCC)OC(=O)CCCCCCCCCCCCCCCC. The second kappa shape index (κ2) is 50.1. The summed E-state index contributed by atoms with van der Waals surface area (Å²) in [6.45, 7) is 6.39. The number of carbonyl (C=O) groups excluding carboxylic acids is 2. The van der Waals surface area contributed by atoms with E-state index >= 15 is 0 Å². The van der Waals surface area contributed by atoms with Crippen molar-refractivity contribution in [3.8, 4) is 0 Å². The summed E-state index contributed by atoms with van der Waals surface area (Å²) in [4.78, 5) is 26.2. The molecule has 0 saturated heterocycles. The summed E-state index contributed by atoms with van der Waals surface area (Å²) in [5, 5.41) is 23.8. The molecule has 0 aliphatic carbocycles. The van der Waals surface area contributed by atoms with Crippen molar-refractivity contribution in [1.29, 1.82) is 0 Å². The zero-order valence-electron chi connectivity index (χ0n) is 41.5. The van der Waals surface area contributed by atoms with Crippen molar-refractivity contribution >= 4 is 11.9 Å². The molecule has 0 aromatic rings. The van der Waals surface area contributed by atoms with Crippen LogP contribution in [-0.2, 0) is 14.3 Å². The van der Waals surface area contributed by atoms with Gasteiger partial charge in [0.25, 0.3) is 0 Å². The molecule has 3 unspecified atom stereocenters.